The van der Waals surface area contributed by atoms with E-state index in [0.29, 0.717) is 0 Å². The first-order chi connectivity index (χ1) is 27.0. The fourth-order valence-electron chi connectivity index (χ4n) is 11.0. The van der Waals surface area contributed by atoms with Gasteiger partial charge in [0.15, 0.2) is 0 Å². The van der Waals surface area contributed by atoms with Crippen molar-refractivity contribution >= 4 is 17.1 Å². The summed E-state index contributed by atoms with van der Waals surface area (Å²) in [5.74, 6) is 0. The molecule has 0 N–H and O–H groups in total. The normalized spacial score (nSPS) is 15.2. The van der Waals surface area contributed by atoms with Gasteiger partial charge in [-0.3, -0.25) is 0 Å². The van der Waals surface area contributed by atoms with E-state index in [1.165, 1.54) is 106 Å². The zero-order chi connectivity index (χ0) is 36.5. The zero-order valence-corrected chi connectivity index (χ0v) is 31.1. The minimum absolute atomic E-state index is 0.123. The summed E-state index contributed by atoms with van der Waals surface area (Å²) in [6.07, 6.45) is 2.14. The Morgan fingerprint density at radius 1 is 0.364 bits per heavy atom. The molecule has 1 heteroatoms. The van der Waals surface area contributed by atoms with Gasteiger partial charge in [-0.05, 0) is 127 Å². The van der Waals surface area contributed by atoms with Crippen LogP contribution in [0.2, 0.25) is 0 Å². The topological polar surface area (TPSA) is 3.24 Å². The summed E-state index contributed by atoms with van der Waals surface area (Å²) in [4.78, 5) is 2.59. The van der Waals surface area contributed by atoms with Crippen molar-refractivity contribution in [3.05, 3.63) is 220 Å². The Hall–Kier alpha value is -6.44. The highest BCUT2D eigenvalue weighted by Crippen LogP contribution is 2.65. The first-order valence-corrected chi connectivity index (χ1v) is 19.7. The van der Waals surface area contributed by atoms with E-state index in [1.807, 2.05) is 0 Å². The Labute approximate surface area is 323 Å². The summed E-state index contributed by atoms with van der Waals surface area (Å²) in [6.45, 7) is 4.78. The van der Waals surface area contributed by atoms with Crippen LogP contribution in [0.5, 0.6) is 0 Å². The van der Waals surface area contributed by atoms with Gasteiger partial charge >= 0.3 is 0 Å². The average Bonchev–Trinajstić information content (AvgIpc) is 3.80. The number of nitrogens with zero attached hydrogens (tertiary/aromatic N) is 1. The molecule has 4 aliphatic rings. The number of hydrogen-bond acceptors (Lipinski definition) is 1. The molecule has 1 nitrogen and oxygen atoms in total. The van der Waals surface area contributed by atoms with Crippen LogP contribution >= 0.6 is 0 Å². The maximum Gasteiger partial charge on any atom is 0.0746 e. The summed E-state index contributed by atoms with van der Waals surface area (Å²) in [5, 5.41) is 0. The Morgan fingerprint density at radius 2 is 0.836 bits per heavy atom. The lowest BCUT2D eigenvalue weighted by Gasteiger charge is -2.36. The Morgan fingerprint density at radius 3 is 1.51 bits per heavy atom. The van der Waals surface area contributed by atoms with Crippen LogP contribution in [0.1, 0.15) is 58.4 Å². The van der Waals surface area contributed by atoms with Gasteiger partial charge in [-0.25, -0.2) is 0 Å². The molecule has 0 saturated carbocycles. The fourth-order valence-corrected chi connectivity index (χ4v) is 11.0. The molecule has 8 aromatic carbocycles. The van der Waals surface area contributed by atoms with Crippen molar-refractivity contribution in [1.29, 1.82) is 0 Å². The number of hydrogen-bond donors (Lipinski definition) is 0. The van der Waals surface area contributed by atoms with Crippen molar-refractivity contribution in [1.82, 2.24) is 0 Å². The summed E-state index contributed by atoms with van der Waals surface area (Å²) in [5.41, 5.74) is 24.7. The average molecular weight is 702 g/mol. The molecule has 8 aromatic rings. The molecule has 0 aromatic heterocycles. The molecule has 0 aliphatic heterocycles. The molecule has 4 aliphatic carbocycles. The maximum absolute atomic E-state index is 2.59. The van der Waals surface area contributed by atoms with E-state index in [2.05, 4.69) is 195 Å². The molecule has 1 spiro atoms. The second-order valence-corrected chi connectivity index (χ2v) is 16.3. The van der Waals surface area contributed by atoms with Gasteiger partial charge in [-0.1, -0.05) is 159 Å². The highest BCUT2D eigenvalue weighted by atomic mass is 15.1. The molecule has 55 heavy (non-hydrogen) atoms. The van der Waals surface area contributed by atoms with Crippen LogP contribution in [0, 0.1) is 0 Å². The standard InChI is InChI=1S/C54H39N/c1-53(2)46-21-9-5-16-39(46)43-31-30-37(33-50(43)53)55(36-29-28-35-27-26-34-14-3-4-15-38(34)45(35)32-36)51-25-13-20-44-42-19-8-12-24-49(42)54(52(44)51)47-22-10-6-17-40(47)41-18-7-11-23-48(41)54/h3-25,28-33H,26-27H2,1-2H3. The van der Waals surface area contributed by atoms with Crippen LogP contribution in [0.25, 0.3) is 44.5 Å². The fraction of sp³-hybridized carbons (Fsp3) is 0.111. The van der Waals surface area contributed by atoms with Crippen molar-refractivity contribution < 1.29 is 0 Å². The molecule has 0 saturated heterocycles. The Balaban J connectivity index is 1.18. The SMILES string of the molecule is CC1(C)c2ccccc2-c2ccc(N(c3ccc4c(c3)-c3ccccc3CC4)c3cccc4c3C3(c5ccccc5-c5ccccc53)c3ccccc3-4)cc21. The minimum atomic E-state index is -0.471. The van der Waals surface area contributed by atoms with Crippen molar-refractivity contribution in [2.75, 3.05) is 4.90 Å². The lowest BCUT2D eigenvalue weighted by Crippen LogP contribution is -2.28. The third kappa shape index (κ3) is 3.98. The van der Waals surface area contributed by atoms with Gasteiger partial charge in [0.1, 0.15) is 0 Å². The molecule has 260 valence electrons. The van der Waals surface area contributed by atoms with E-state index in [-0.39, 0.29) is 5.41 Å². The second kappa shape index (κ2) is 11.1. The van der Waals surface area contributed by atoms with Gasteiger partial charge < -0.3 is 4.90 Å². The molecular formula is C54H39N. The van der Waals surface area contributed by atoms with Gasteiger partial charge in [0.25, 0.3) is 0 Å². The molecular weight excluding hydrogens is 663 g/mol. The highest BCUT2D eigenvalue weighted by molar-refractivity contribution is 6.00. The molecule has 0 fully saturated rings. The van der Waals surface area contributed by atoms with Crippen molar-refractivity contribution in [2.24, 2.45) is 0 Å². The van der Waals surface area contributed by atoms with Crippen LogP contribution in [-0.4, -0.2) is 0 Å². The van der Waals surface area contributed by atoms with E-state index in [4.69, 9.17) is 0 Å². The Bertz CT molecular complexity index is 2860. The summed E-state index contributed by atoms with van der Waals surface area (Å²) in [6, 6.07) is 66.9. The molecule has 0 atom stereocenters. The van der Waals surface area contributed by atoms with Crippen molar-refractivity contribution in [2.45, 2.75) is 37.5 Å². The third-order valence-electron chi connectivity index (χ3n) is 13.4. The lowest BCUT2D eigenvalue weighted by molar-refractivity contribution is 0.660. The predicted octanol–water partition coefficient (Wildman–Crippen LogP) is 13.6. The quantitative estimate of drug-likeness (QED) is 0.177. The molecule has 0 bridgehead atoms. The zero-order valence-electron chi connectivity index (χ0n) is 31.1. The smallest absolute Gasteiger partial charge is 0.0746 e. The van der Waals surface area contributed by atoms with E-state index in [0.717, 1.165) is 12.8 Å². The summed E-state index contributed by atoms with van der Waals surface area (Å²) in [7, 11) is 0. The van der Waals surface area contributed by atoms with Gasteiger partial charge in [-0.2, -0.15) is 0 Å². The van der Waals surface area contributed by atoms with Crippen molar-refractivity contribution in [3.63, 3.8) is 0 Å². The first kappa shape index (κ1) is 31.0. The van der Waals surface area contributed by atoms with E-state index in [1.54, 1.807) is 0 Å². The minimum Gasteiger partial charge on any atom is -0.310 e. The third-order valence-corrected chi connectivity index (χ3v) is 13.4. The molecule has 12 rings (SSSR count). The van der Waals surface area contributed by atoms with Gasteiger partial charge in [0.2, 0.25) is 0 Å². The van der Waals surface area contributed by atoms with Crippen LogP contribution in [0.15, 0.2) is 176 Å². The maximum atomic E-state index is 2.59. The van der Waals surface area contributed by atoms with E-state index < -0.39 is 5.41 Å². The number of anilines is 3. The second-order valence-electron chi connectivity index (χ2n) is 16.3. The number of aryl methyl sites for hydroxylation is 2. The van der Waals surface area contributed by atoms with Crippen LogP contribution < -0.4 is 4.90 Å². The van der Waals surface area contributed by atoms with Gasteiger partial charge in [-0.15, -0.1) is 0 Å². The number of rotatable bonds is 3. The first-order valence-electron chi connectivity index (χ1n) is 19.7. The van der Waals surface area contributed by atoms with E-state index in [9.17, 15) is 0 Å². The van der Waals surface area contributed by atoms with Crippen molar-refractivity contribution in [3.8, 4) is 44.5 Å². The summed E-state index contributed by atoms with van der Waals surface area (Å²) < 4.78 is 0. The van der Waals surface area contributed by atoms with E-state index >= 15 is 0 Å². The molecule has 0 amide bonds. The number of fused-ring (bicyclic) bond motifs is 16. The monoisotopic (exact) mass is 701 g/mol. The van der Waals surface area contributed by atoms with Crippen LogP contribution in [-0.2, 0) is 23.7 Å². The lowest BCUT2D eigenvalue weighted by atomic mass is 9.70. The molecule has 0 radical (unpaired) electrons. The number of benzene rings is 8. The highest BCUT2D eigenvalue weighted by Gasteiger charge is 2.53. The van der Waals surface area contributed by atoms with Crippen LogP contribution in [0.3, 0.4) is 0 Å². The molecule has 0 unspecified atom stereocenters. The van der Waals surface area contributed by atoms with Gasteiger partial charge in [0.05, 0.1) is 11.1 Å². The molecule has 0 heterocycles. The largest absolute Gasteiger partial charge is 0.310 e. The summed E-state index contributed by atoms with van der Waals surface area (Å²) >= 11 is 0. The van der Waals surface area contributed by atoms with Gasteiger partial charge in [0, 0.05) is 22.4 Å². The predicted molar refractivity (Wildman–Crippen MR) is 228 cm³/mol. The van der Waals surface area contributed by atoms with Crippen LogP contribution in [0.4, 0.5) is 17.1 Å². The Kier molecular flexibility index (Phi) is 6.23.